The molecule has 9 nitrogen and oxygen atoms in total. The predicted molar refractivity (Wildman–Crippen MR) is 181 cm³/mol. The molecular formula is C24H61O9PSi6. The van der Waals surface area contributed by atoms with Crippen molar-refractivity contribution in [3.63, 3.8) is 0 Å². The molecule has 0 fully saturated rings. The standard InChI is InChI=1S/C24H61O9PSi6/c1-35(2,3)28-21(19-25)23(30-37(7,8)9)24(31-38(10,11)12)22(29-36(4,5)6)20-27-34(26,32-39(13,14)15)33-40(16,17)18/h19,21-24H,20H2,1-18H3. The van der Waals surface area contributed by atoms with Crippen molar-refractivity contribution in [3.05, 3.63) is 0 Å². The smallest absolute Gasteiger partial charge is 0.410 e. The van der Waals surface area contributed by atoms with E-state index >= 15 is 0 Å². The Morgan fingerprint density at radius 1 is 0.525 bits per heavy atom. The zero-order valence-electron chi connectivity index (χ0n) is 28.7. The number of phosphoric acid groups is 1. The molecule has 0 aliphatic carbocycles. The second-order valence-electron chi connectivity index (χ2n) is 16.1. The summed E-state index contributed by atoms with van der Waals surface area (Å²) in [6.45, 7) is 36.4. The van der Waals surface area contributed by atoms with Crippen molar-refractivity contribution in [1.82, 2.24) is 0 Å². The van der Waals surface area contributed by atoms with Gasteiger partial charge < -0.3 is 30.9 Å². The van der Waals surface area contributed by atoms with E-state index in [1.165, 1.54) is 0 Å². The second-order valence-corrected chi connectivity index (χ2v) is 45.0. The van der Waals surface area contributed by atoms with E-state index in [0.717, 1.165) is 6.29 Å². The Bertz CT molecular complexity index is 817. The molecule has 0 aliphatic heterocycles. The molecule has 40 heavy (non-hydrogen) atoms. The molecule has 0 N–H and O–H groups in total. The Morgan fingerprint density at radius 3 is 1.18 bits per heavy atom. The molecule has 0 aromatic rings. The van der Waals surface area contributed by atoms with Crippen LogP contribution in [-0.4, -0.2) is 87.2 Å². The SMILES string of the molecule is C[Si](C)(C)OC(C=O)C(O[Si](C)(C)C)C(O[Si](C)(C)C)C(COP(=O)(O[Si](C)(C)C)O[Si](C)(C)C)O[Si](C)(C)C. The fourth-order valence-corrected chi connectivity index (χ4v) is 14.5. The fourth-order valence-electron chi connectivity index (χ4n) is 3.63. The molecule has 0 bridgehead atoms. The molecule has 0 spiro atoms. The summed E-state index contributed by atoms with van der Waals surface area (Å²) in [5.41, 5.74) is 0. The average Bonchev–Trinajstić information content (AvgIpc) is 2.59. The van der Waals surface area contributed by atoms with Crippen LogP contribution < -0.4 is 0 Å². The van der Waals surface area contributed by atoms with Gasteiger partial charge in [-0.2, -0.15) is 0 Å². The maximum absolute atomic E-state index is 14.0. The molecule has 0 saturated heterocycles. The van der Waals surface area contributed by atoms with Crippen LogP contribution in [-0.2, 0) is 40.0 Å². The number of hydrogen-bond acceptors (Lipinski definition) is 9. The summed E-state index contributed by atoms with van der Waals surface area (Å²) in [6.07, 6.45) is -2.16. The molecule has 0 aliphatic rings. The third-order valence-electron chi connectivity index (χ3n) is 4.29. The van der Waals surface area contributed by atoms with Crippen LogP contribution in [0.2, 0.25) is 118 Å². The Balaban J connectivity index is 6.93. The quantitative estimate of drug-likeness (QED) is 0.0760. The number of rotatable bonds is 19. The van der Waals surface area contributed by atoms with E-state index in [4.69, 9.17) is 30.7 Å². The molecule has 0 saturated carbocycles. The molecule has 0 radical (unpaired) electrons. The highest BCUT2D eigenvalue weighted by atomic mass is 31.2. The Kier molecular flexibility index (Phi) is 15.1. The first kappa shape index (κ1) is 40.9. The Morgan fingerprint density at radius 2 is 0.875 bits per heavy atom. The van der Waals surface area contributed by atoms with Gasteiger partial charge in [-0.05, 0) is 118 Å². The number of aldehydes is 1. The van der Waals surface area contributed by atoms with Gasteiger partial charge in [-0.25, -0.2) is 4.57 Å². The van der Waals surface area contributed by atoms with Crippen LogP contribution in [0.5, 0.6) is 0 Å². The predicted octanol–water partition coefficient (Wildman–Crippen LogP) is 7.89. The molecule has 0 heterocycles. The molecule has 4 unspecified atom stereocenters. The van der Waals surface area contributed by atoms with Crippen LogP contribution in [0.25, 0.3) is 0 Å². The lowest BCUT2D eigenvalue weighted by Crippen LogP contribution is -2.59. The lowest BCUT2D eigenvalue weighted by Gasteiger charge is -2.44. The second kappa shape index (κ2) is 14.8. The maximum Gasteiger partial charge on any atom is 0.455 e. The zero-order chi connectivity index (χ0) is 32.2. The van der Waals surface area contributed by atoms with Crippen LogP contribution in [0.15, 0.2) is 0 Å². The van der Waals surface area contributed by atoms with Crippen molar-refractivity contribution in [2.24, 2.45) is 0 Å². The maximum atomic E-state index is 14.0. The average molecular weight is 693 g/mol. The summed E-state index contributed by atoms with van der Waals surface area (Å²) in [5, 5.41) is 0. The van der Waals surface area contributed by atoms with E-state index in [1.54, 1.807) is 0 Å². The van der Waals surface area contributed by atoms with Crippen LogP contribution in [0.3, 0.4) is 0 Å². The van der Waals surface area contributed by atoms with Crippen LogP contribution in [0, 0.1) is 0 Å². The number of carbonyl (C=O) groups is 1. The minimum absolute atomic E-state index is 0.101. The van der Waals surface area contributed by atoms with Gasteiger partial charge in [0.2, 0.25) is 0 Å². The highest BCUT2D eigenvalue weighted by molar-refractivity contribution is 7.52. The summed E-state index contributed by atoms with van der Waals surface area (Å²) < 4.78 is 58.8. The monoisotopic (exact) mass is 692 g/mol. The number of hydrogen-bond donors (Lipinski definition) is 0. The summed E-state index contributed by atoms with van der Waals surface area (Å²) in [7, 11) is -17.3. The first-order chi connectivity index (χ1) is 17.3. The van der Waals surface area contributed by atoms with Crippen LogP contribution >= 0.6 is 7.82 Å². The van der Waals surface area contributed by atoms with Crippen molar-refractivity contribution >= 4 is 64.0 Å². The van der Waals surface area contributed by atoms with E-state index in [2.05, 4.69) is 58.9 Å². The molecule has 0 amide bonds. The molecular weight excluding hydrogens is 632 g/mol. The van der Waals surface area contributed by atoms with E-state index in [1.807, 2.05) is 58.9 Å². The van der Waals surface area contributed by atoms with Gasteiger partial charge in [0.05, 0.1) is 12.7 Å². The van der Waals surface area contributed by atoms with Gasteiger partial charge >= 0.3 is 7.82 Å². The molecule has 240 valence electrons. The lowest BCUT2D eigenvalue weighted by molar-refractivity contribution is -0.127. The van der Waals surface area contributed by atoms with Gasteiger partial charge in [0.25, 0.3) is 0 Å². The van der Waals surface area contributed by atoms with Gasteiger partial charge in [0, 0.05) is 0 Å². The molecule has 0 aromatic carbocycles. The first-order valence-electron chi connectivity index (χ1n) is 14.2. The van der Waals surface area contributed by atoms with Crippen molar-refractivity contribution < 1.29 is 40.0 Å². The topological polar surface area (TPSA) is 98.8 Å². The number of carbonyl (C=O) groups excluding carboxylic acids is 1. The molecule has 4 atom stereocenters. The van der Waals surface area contributed by atoms with Gasteiger partial charge in [-0.3, -0.25) is 4.52 Å². The van der Waals surface area contributed by atoms with Gasteiger partial charge in [0.1, 0.15) is 24.6 Å². The van der Waals surface area contributed by atoms with Crippen molar-refractivity contribution in [3.8, 4) is 0 Å². The van der Waals surface area contributed by atoms with Crippen molar-refractivity contribution in [2.45, 2.75) is 142 Å². The van der Waals surface area contributed by atoms with E-state index < -0.39 is 82.1 Å². The van der Waals surface area contributed by atoms with Gasteiger partial charge in [0.15, 0.2) is 49.9 Å². The van der Waals surface area contributed by atoms with Gasteiger partial charge in [-0.1, -0.05) is 0 Å². The molecule has 0 aromatic heterocycles. The van der Waals surface area contributed by atoms with Crippen molar-refractivity contribution in [2.75, 3.05) is 6.61 Å². The molecule has 0 rings (SSSR count). The van der Waals surface area contributed by atoms with E-state index in [9.17, 15) is 9.36 Å². The fraction of sp³-hybridized carbons (Fsp3) is 0.958. The summed E-state index contributed by atoms with van der Waals surface area (Å²) >= 11 is 0. The minimum atomic E-state index is -3.92. The first-order valence-corrected chi connectivity index (χ1v) is 36.1. The normalized spacial score (nSPS) is 17.9. The summed E-state index contributed by atoms with van der Waals surface area (Å²) in [6, 6.07) is 0. The summed E-state index contributed by atoms with van der Waals surface area (Å²) in [4.78, 5) is 12.6. The Labute approximate surface area is 252 Å². The van der Waals surface area contributed by atoms with Crippen molar-refractivity contribution in [1.29, 1.82) is 0 Å². The van der Waals surface area contributed by atoms with E-state index in [-0.39, 0.29) is 6.61 Å². The van der Waals surface area contributed by atoms with Gasteiger partial charge in [-0.15, -0.1) is 0 Å². The largest absolute Gasteiger partial charge is 0.455 e. The third kappa shape index (κ3) is 20.0. The summed E-state index contributed by atoms with van der Waals surface area (Å²) in [5.74, 6) is 0. The zero-order valence-corrected chi connectivity index (χ0v) is 35.6. The Hall–Kier alpha value is 0.921. The van der Waals surface area contributed by atoms with Crippen LogP contribution in [0.4, 0.5) is 0 Å². The minimum Gasteiger partial charge on any atom is -0.410 e. The highest BCUT2D eigenvalue weighted by Gasteiger charge is 2.46. The highest BCUT2D eigenvalue weighted by Crippen LogP contribution is 2.54. The third-order valence-corrected chi connectivity index (χ3v) is 14.9. The lowest BCUT2D eigenvalue weighted by atomic mass is 10.0. The molecule has 16 heteroatoms. The van der Waals surface area contributed by atoms with Crippen LogP contribution in [0.1, 0.15) is 0 Å². The van der Waals surface area contributed by atoms with E-state index in [0.29, 0.717) is 0 Å².